The number of terminal acetylenes is 1. The van der Waals surface area contributed by atoms with E-state index in [9.17, 15) is 4.79 Å². The van der Waals surface area contributed by atoms with Crippen LogP contribution in [-0.2, 0) is 4.74 Å². The van der Waals surface area contributed by atoms with Crippen LogP contribution < -0.4 is 0 Å². The van der Waals surface area contributed by atoms with Crippen molar-refractivity contribution in [3.8, 4) is 12.3 Å². The predicted octanol–water partition coefficient (Wildman–Crippen LogP) is 1.32. The number of amides is 1. The van der Waals surface area contributed by atoms with E-state index in [-0.39, 0.29) is 13.1 Å². The minimum Gasteiger partial charge on any atom is -0.444 e. The van der Waals surface area contributed by atoms with Crippen molar-refractivity contribution < 1.29 is 14.7 Å². The van der Waals surface area contributed by atoms with Gasteiger partial charge < -0.3 is 9.94 Å². The molecule has 0 saturated heterocycles. The first kappa shape index (κ1) is 13.3. The Kier molecular flexibility index (Phi) is 5.24. The van der Waals surface area contributed by atoms with E-state index in [2.05, 4.69) is 11.1 Å². The summed E-state index contributed by atoms with van der Waals surface area (Å²) in [5.41, 5.74) is -0.569. The molecular formula is C10H16N2O3. The summed E-state index contributed by atoms with van der Waals surface area (Å²) in [6, 6.07) is 0. The van der Waals surface area contributed by atoms with Crippen LogP contribution in [0.1, 0.15) is 20.8 Å². The van der Waals surface area contributed by atoms with Gasteiger partial charge in [-0.25, -0.2) is 4.79 Å². The van der Waals surface area contributed by atoms with Crippen LogP contribution in [-0.4, -0.2) is 41.1 Å². The topological polar surface area (TPSA) is 62.1 Å². The number of carbonyl (C=O) groups excluding carboxylic acids is 1. The molecule has 5 heteroatoms. The van der Waals surface area contributed by atoms with E-state index in [4.69, 9.17) is 16.4 Å². The molecular weight excluding hydrogens is 196 g/mol. The molecule has 0 bridgehead atoms. The second-order valence-corrected chi connectivity index (χ2v) is 3.86. The molecule has 0 aromatic rings. The second-order valence-electron chi connectivity index (χ2n) is 3.86. The lowest BCUT2D eigenvalue weighted by molar-refractivity contribution is 0.0303. The summed E-state index contributed by atoms with van der Waals surface area (Å²) < 4.78 is 5.10. The third-order valence-electron chi connectivity index (χ3n) is 1.32. The number of hydrogen-bond acceptors (Lipinski definition) is 4. The molecule has 15 heavy (non-hydrogen) atoms. The molecule has 0 atom stereocenters. The molecule has 0 rings (SSSR count). The molecule has 0 heterocycles. The van der Waals surface area contributed by atoms with Crippen molar-refractivity contribution in [1.29, 1.82) is 0 Å². The van der Waals surface area contributed by atoms with E-state index >= 15 is 0 Å². The van der Waals surface area contributed by atoms with Gasteiger partial charge in [0, 0.05) is 0 Å². The first-order valence-electron chi connectivity index (χ1n) is 4.48. The highest BCUT2D eigenvalue weighted by molar-refractivity contribution is 5.73. The standard InChI is InChI=1S/C10H16N2O3/c1-5-7-12(8-6-11-14)9(13)15-10(2,3)4/h1,6,14H,7-8H2,2-4H3/b11-6+. The fourth-order valence-electron chi connectivity index (χ4n) is 0.775. The Morgan fingerprint density at radius 2 is 2.27 bits per heavy atom. The van der Waals surface area contributed by atoms with Crippen molar-refractivity contribution >= 4 is 12.3 Å². The van der Waals surface area contributed by atoms with E-state index < -0.39 is 11.7 Å². The van der Waals surface area contributed by atoms with Crippen LogP contribution >= 0.6 is 0 Å². The van der Waals surface area contributed by atoms with Crippen molar-refractivity contribution in [2.75, 3.05) is 13.1 Å². The molecule has 1 N–H and O–H groups in total. The van der Waals surface area contributed by atoms with Gasteiger partial charge in [0.2, 0.25) is 0 Å². The van der Waals surface area contributed by atoms with Crippen molar-refractivity contribution in [3.05, 3.63) is 0 Å². The van der Waals surface area contributed by atoms with Crippen molar-refractivity contribution in [1.82, 2.24) is 4.90 Å². The second kappa shape index (κ2) is 5.91. The molecule has 0 saturated carbocycles. The zero-order valence-electron chi connectivity index (χ0n) is 9.23. The molecule has 0 aromatic carbocycles. The van der Waals surface area contributed by atoms with Gasteiger partial charge in [0.15, 0.2) is 0 Å². The van der Waals surface area contributed by atoms with E-state index in [0.29, 0.717) is 0 Å². The smallest absolute Gasteiger partial charge is 0.411 e. The zero-order valence-corrected chi connectivity index (χ0v) is 9.23. The van der Waals surface area contributed by atoms with Crippen LogP contribution in [0.3, 0.4) is 0 Å². The van der Waals surface area contributed by atoms with Crippen LogP contribution in [0.25, 0.3) is 0 Å². The molecule has 0 fully saturated rings. The lowest BCUT2D eigenvalue weighted by Gasteiger charge is -2.25. The minimum absolute atomic E-state index is 0.112. The Morgan fingerprint density at radius 3 is 2.67 bits per heavy atom. The highest BCUT2D eigenvalue weighted by Gasteiger charge is 2.20. The zero-order chi connectivity index (χ0) is 11.9. The predicted molar refractivity (Wildman–Crippen MR) is 56.9 cm³/mol. The molecule has 84 valence electrons. The fourth-order valence-corrected chi connectivity index (χ4v) is 0.775. The van der Waals surface area contributed by atoms with Crippen molar-refractivity contribution in [3.63, 3.8) is 0 Å². The Balaban J connectivity index is 4.36. The lowest BCUT2D eigenvalue weighted by atomic mass is 10.2. The van der Waals surface area contributed by atoms with Gasteiger partial charge in [0.05, 0.1) is 19.3 Å². The summed E-state index contributed by atoms with van der Waals surface area (Å²) in [6.45, 7) is 5.52. The molecule has 0 spiro atoms. The van der Waals surface area contributed by atoms with Gasteiger partial charge in [-0.3, -0.25) is 4.90 Å². The summed E-state index contributed by atoms with van der Waals surface area (Å²) >= 11 is 0. The first-order chi connectivity index (χ1) is 6.90. The van der Waals surface area contributed by atoms with Crippen molar-refractivity contribution in [2.45, 2.75) is 26.4 Å². The first-order valence-corrected chi connectivity index (χ1v) is 4.48. The van der Waals surface area contributed by atoms with Crippen LogP contribution in [0.5, 0.6) is 0 Å². The maximum absolute atomic E-state index is 11.5. The Hall–Kier alpha value is -1.70. The SMILES string of the molecule is C#CCN(C/C=N/O)C(=O)OC(C)(C)C. The number of nitrogens with zero attached hydrogens (tertiary/aromatic N) is 2. The van der Waals surface area contributed by atoms with Crippen LogP contribution in [0.15, 0.2) is 5.16 Å². The highest BCUT2D eigenvalue weighted by atomic mass is 16.6. The van der Waals surface area contributed by atoms with Gasteiger partial charge in [-0.05, 0) is 20.8 Å². The average molecular weight is 212 g/mol. The van der Waals surface area contributed by atoms with Gasteiger partial charge in [-0.15, -0.1) is 11.6 Å². The van der Waals surface area contributed by atoms with Gasteiger partial charge in [0.1, 0.15) is 5.60 Å². The molecule has 5 nitrogen and oxygen atoms in total. The van der Waals surface area contributed by atoms with Crippen LogP contribution in [0.4, 0.5) is 4.79 Å². The molecule has 0 aliphatic rings. The minimum atomic E-state index is -0.569. The van der Waals surface area contributed by atoms with Gasteiger partial charge >= 0.3 is 6.09 Å². The number of hydrogen-bond donors (Lipinski definition) is 1. The Morgan fingerprint density at radius 1 is 1.67 bits per heavy atom. The summed E-state index contributed by atoms with van der Waals surface area (Å²) in [6.07, 6.45) is 5.74. The van der Waals surface area contributed by atoms with E-state index in [1.165, 1.54) is 11.1 Å². The third-order valence-corrected chi connectivity index (χ3v) is 1.32. The number of rotatable bonds is 3. The highest BCUT2D eigenvalue weighted by Crippen LogP contribution is 2.09. The number of oxime groups is 1. The number of ether oxygens (including phenoxy) is 1. The van der Waals surface area contributed by atoms with Crippen LogP contribution in [0.2, 0.25) is 0 Å². The summed E-state index contributed by atoms with van der Waals surface area (Å²) in [5.74, 6) is 2.33. The maximum atomic E-state index is 11.5. The maximum Gasteiger partial charge on any atom is 0.411 e. The molecule has 0 aliphatic carbocycles. The van der Waals surface area contributed by atoms with E-state index in [1.54, 1.807) is 20.8 Å². The van der Waals surface area contributed by atoms with Gasteiger partial charge in [-0.2, -0.15) is 0 Å². The normalized spacial score (nSPS) is 11.1. The molecule has 0 radical (unpaired) electrons. The third kappa shape index (κ3) is 6.38. The summed E-state index contributed by atoms with van der Waals surface area (Å²) in [5, 5.41) is 11.0. The largest absolute Gasteiger partial charge is 0.444 e. The monoisotopic (exact) mass is 212 g/mol. The Bertz CT molecular complexity index is 273. The van der Waals surface area contributed by atoms with E-state index in [1.807, 2.05) is 0 Å². The van der Waals surface area contributed by atoms with Gasteiger partial charge in [0.25, 0.3) is 0 Å². The number of carbonyl (C=O) groups is 1. The van der Waals surface area contributed by atoms with Crippen molar-refractivity contribution in [2.24, 2.45) is 5.16 Å². The molecule has 0 aliphatic heterocycles. The van der Waals surface area contributed by atoms with Crippen LogP contribution in [0, 0.1) is 12.3 Å². The quantitative estimate of drug-likeness (QED) is 0.332. The molecule has 0 aromatic heterocycles. The summed E-state index contributed by atoms with van der Waals surface area (Å²) in [4.78, 5) is 12.8. The van der Waals surface area contributed by atoms with Gasteiger partial charge in [-0.1, -0.05) is 5.92 Å². The van der Waals surface area contributed by atoms with E-state index in [0.717, 1.165) is 0 Å². The summed E-state index contributed by atoms with van der Waals surface area (Å²) in [7, 11) is 0. The molecule has 1 amide bonds. The lowest BCUT2D eigenvalue weighted by Crippen LogP contribution is -2.38. The Labute approximate surface area is 89.7 Å². The fraction of sp³-hybridized carbons (Fsp3) is 0.600. The average Bonchev–Trinajstić information content (AvgIpc) is 2.09. The molecule has 0 unspecified atom stereocenters.